The van der Waals surface area contributed by atoms with E-state index in [0.29, 0.717) is 19.8 Å². The van der Waals surface area contributed by atoms with Gasteiger partial charge >= 0.3 is 0 Å². The topological polar surface area (TPSA) is 30.5 Å². The van der Waals surface area contributed by atoms with Crippen molar-refractivity contribution >= 4 is 11.6 Å². The number of hydrogen-bond donors (Lipinski definition) is 1. The van der Waals surface area contributed by atoms with Crippen LogP contribution < -0.4 is 5.32 Å². The van der Waals surface area contributed by atoms with E-state index in [1.807, 2.05) is 36.4 Å². The maximum Gasteiger partial charge on any atom is 0.122 e. The fourth-order valence-corrected chi connectivity index (χ4v) is 4.99. The van der Waals surface area contributed by atoms with Crippen LogP contribution in [0.3, 0.4) is 0 Å². The third-order valence-corrected chi connectivity index (χ3v) is 6.99. The number of halogens is 1. The Morgan fingerprint density at radius 2 is 1.46 bits per heavy atom. The van der Waals surface area contributed by atoms with Crippen molar-refractivity contribution < 1.29 is 9.47 Å². The first-order chi connectivity index (χ1) is 17.2. The highest BCUT2D eigenvalue weighted by Crippen LogP contribution is 2.39. The number of ether oxygens (including phenoxy) is 2. The van der Waals surface area contributed by atoms with Crippen molar-refractivity contribution in [3.8, 4) is 11.1 Å². The van der Waals surface area contributed by atoms with Gasteiger partial charge in [0.1, 0.15) is 11.7 Å². The van der Waals surface area contributed by atoms with E-state index in [1.54, 1.807) is 0 Å². The van der Waals surface area contributed by atoms with E-state index in [9.17, 15) is 0 Å². The first-order valence-corrected chi connectivity index (χ1v) is 12.5. The highest BCUT2D eigenvalue weighted by molar-refractivity contribution is 6.30. The van der Waals surface area contributed by atoms with Crippen molar-refractivity contribution in [2.45, 2.75) is 31.3 Å². The molecule has 178 valence electrons. The van der Waals surface area contributed by atoms with Crippen molar-refractivity contribution in [2.24, 2.45) is 0 Å². The molecule has 1 fully saturated rings. The summed E-state index contributed by atoms with van der Waals surface area (Å²) in [7, 11) is 0. The summed E-state index contributed by atoms with van der Waals surface area (Å²) in [6.45, 7) is 2.59. The molecule has 1 saturated heterocycles. The van der Waals surface area contributed by atoms with Gasteiger partial charge in [0.15, 0.2) is 0 Å². The molecular weight excluding hydrogens is 454 g/mol. The Labute approximate surface area is 212 Å². The normalized spacial score (nSPS) is 20.0. The Morgan fingerprint density at radius 3 is 2.23 bits per heavy atom. The molecule has 35 heavy (non-hydrogen) atoms. The molecule has 0 amide bonds. The molecule has 0 spiro atoms. The molecule has 0 bridgehead atoms. The van der Waals surface area contributed by atoms with Crippen molar-refractivity contribution in [1.29, 1.82) is 0 Å². The van der Waals surface area contributed by atoms with Gasteiger partial charge in [-0.05, 0) is 52.9 Å². The first kappa shape index (κ1) is 23.8. The quantitative estimate of drug-likeness (QED) is 0.292. The maximum atomic E-state index is 6.79. The molecule has 2 atom stereocenters. The van der Waals surface area contributed by atoms with Gasteiger partial charge in [-0.15, -0.1) is 0 Å². The standard InChI is InChI=1S/C31H30ClNO2/c32-28-17-15-27(16-18-28)31(35-22-24-9-3-1-4-10-24)19-20-33-21-30(31)34-23-26-13-7-8-14-29(26)25-11-5-2-6-12-25/h1-18,30,33H,19-23H2/t30-,31+/m0/s1. The van der Waals surface area contributed by atoms with Gasteiger partial charge in [-0.25, -0.2) is 0 Å². The summed E-state index contributed by atoms with van der Waals surface area (Å²) in [5.41, 5.74) is 5.22. The van der Waals surface area contributed by atoms with Gasteiger partial charge in [0, 0.05) is 11.6 Å². The van der Waals surface area contributed by atoms with Crippen LogP contribution >= 0.6 is 11.6 Å². The summed E-state index contributed by atoms with van der Waals surface area (Å²) in [6.07, 6.45) is 0.650. The fraction of sp³-hybridized carbons (Fsp3) is 0.226. The van der Waals surface area contributed by atoms with Crippen LogP contribution in [-0.4, -0.2) is 19.2 Å². The van der Waals surface area contributed by atoms with Crippen LogP contribution in [0, 0.1) is 0 Å². The van der Waals surface area contributed by atoms with E-state index >= 15 is 0 Å². The van der Waals surface area contributed by atoms with Crippen molar-refractivity contribution in [3.05, 3.63) is 131 Å². The van der Waals surface area contributed by atoms with Crippen molar-refractivity contribution in [2.75, 3.05) is 13.1 Å². The molecule has 1 aliphatic rings. The summed E-state index contributed by atoms with van der Waals surface area (Å²) in [5, 5.41) is 4.24. The van der Waals surface area contributed by atoms with Crippen LogP contribution in [0.5, 0.6) is 0 Å². The maximum absolute atomic E-state index is 6.79. The molecule has 4 aromatic rings. The average Bonchev–Trinajstić information content (AvgIpc) is 2.93. The first-order valence-electron chi connectivity index (χ1n) is 12.1. The highest BCUT2D eigenvalue weighted by Gasteiger charge is 2.44. The number of nitrogens with one attached hydrogen (secondary N) is 1. The molecule has 4 heteroatoms. The molecular formula is C31H30ClNO2. The van der Waals surface area contributed by atoms with Gasteiger partial charge in [-0.2, -0.15) is 0 Å². The molecule has 0 aromatic heterocycles. The zero-order chi connectivity index (χ0) is 23.9. The SMILES string of the molecule is Clc1ccc([C@]2(OCc3ccccc3)CCNC[C@@H]2OCc2ccccc2-c2ccccc2)cc1. The molecule has 1 N–H and O–H groups in total. The van der Waals surface area contributed by atoms with Gasteiger partial charge in [-0.1, -0.05) is 109 Å². The molecule has 0 saturated carbocycles. The van der Waals surface area contributed by atoms with Crippen molar-refractivity contribution in [1.82, 2.24) is 5.32 Å². The second kappa shape index (κ2) is 11.2. The summed E-state index contributed by atoms with van der Waals surface area (Å²) in [6, 6.07) is 37.3. The van der Waals surface area contributed by atoms with E-state index in [1.165, 1.54) is 11.1 Å². The third-order valence-electron chi connectivity index (χ3n) is 6.74. The highest BCUT2D eigenvalue weighted by atomic mass is 35.5. The van der Waals surface area contributed by atoms with E-state index < -0.39 is 5.60 Å². The second-order valence-electron chi connectivity index (χ2n) is 8.95. The van der Waals surface area contributed by atoms with Gasteiger partial charge < -0.3 is 14.8 Å². The summed E-state index contributed by atoms with van der Waals surface area (Å²) in [4.78, 5) is 0. The Bertz CT molecular complexity index is 1210. The lowest BCUT2D eigenvalue weighted by molar-refractivity contribution is -0.176. The fourth-order valence-electron chi connectivity index (χ4n) is 4.86. The molecule has 5 rings (SSSR count). The van der Waals surface area contributed by atoms with Gasteiger partial charge in [0.2, 0.25) is 0 Å². The van der Waals surface area contributed by atoms with E-state index in [2.05, 4.69) is 78.1 Å². The zero-order valence-corrected chi connectivity index (χ0v) is 20.5. The number of rotatable bonds is 8. The minimum absolute atomic E-state index is 0.162. The van der Waals surface area contributed by atoms with Gasteiger partial charge in [-0.3, -0.25) is 0 Å². The summed E-state index contributed by atoms with van der Waals surface area (Å²) in [5.74, 6) is 0. The van der Waals surface area contributed by atoms with E-state index in [0.717, 1.165) is 34.7 Å². The predicted molar refractivity (Wildman–Crippen MR) is 142 cm³/mol. The molecule has 4 aromatic carbocycles. The minimum atomic E-state index is -0.576. The summed E-state index contributed by atoms with van der Waals surface area (Å²) < 4.78 is 13.5. The Balaban J connectivity index is 1.44. The lowest BCUT2D eigenvalue weighted by Crippen LogP contribution is -2.54. The Hall–Kier alpha value is -2.95. The second-order valence-corrected chi connectivity index (χ2v) is 9.38. The number of piperidine rings is 1. The smallest absolute Gasteiger partial charge is 0.122 e. The number of hydrogen-bond acceptors (Lipinski definition) is 3. The van der Waals surface area contributed by atoms with Crippen LogP contribution in [0.15, 0.2) is 109 Å². The Kier molecular flexibility index (Phi) is 7.60. The molecule has 1 aliphatic heterocycles. The predicted octanol–water partition coefficient (Wildman–Crippen LogP) is 7.00. The van der Waals surface area contributed by atoms with Crippen LogP contribution in [0.1, 0.15) is 23.1 Å². The summed E-state index contributed by atoms with van der Waals surface area (Å²) >= 11 is 6.24. The van der Waals surface area contributed by atoms with Crippen LogP contribution in [0.2, 0.25) is 5.02 Å². The number of benzene rings is 4. The molecule has 1 heterocycles. The largest absolute Gasteiger partial charge is 0.369 e. The molecule has 0 aliphatic carbocycles. The molecule has 0 unspecified atom stereocenters. The van der Waals surface area contributed by atoms with Gasteiger partial charge in [0.05, 0.1) is 13.2 Å². The van der Waals surface area contributed by atoms with Crippen LogP contribution in [0.25, 0.3) is 11.1 Å². The molecule has 3 nitrogen and oxygen atoms in total. The zero-order valence-electron chi connectivity index (χ0n) is 19.7. The van der Waals surface area contributed by atoms with Crippen molar-refractivity contribution in [3.63, 3.8) is 0 Å². The van der Waals surface area contributed by atoms with Gasteiger partial charge in [0.25, 0.3) is 0 Å². The third kappa shape index (κ3) is 5.50. The van der Waals surface area contributed by atoms with E-state index in [4.69, 9.17) is 21.1 Å². The van der Waals surface area contributed by atoms with E-state index in [-0.39, 0.29) is 6.10 Å². The molecule has 0 radical (unpaired) electrons. The average molecular weight is 484 g/mol. The van der Waals surface area contributed by atoms with Crippen LogP contribution in [-0.2, 0) is 28.3 Å². The monoisotopic (exact) mass is 483 g/mol. The Morgan fingerprint density at radius 1 is 0.771 bits per heavy atom. The lowest BCUT2D eigenvalue weighted by atomic mass is 9.82. The van der Waals surface area contributed by atoms with Crippen LogP contribution in [0.4, 0.5) is 0 Å². The minimum Gasteiger partial charge on any atom is -0.369 e. The lowest BCUT2D eigenvalue weighted by Gasteiger charge is -2.44.